The van der Waals surface area contributed by atoms with E-state index in [2.05, 4.69) is 48.4 Å². The number of allylic oxidation sites excluding steroid dienone is 6. The first kappa shape index (κ1) is 27.5. The number of nitrogens with two attached hydrogens (primary N) is 1. The molecule has 2 heterocycles. The van der Waals surface area contributed by atoms with Crippen molar-refractivity contribution in [2.24, 2.45) is 0 Å². The summed E-state index contributed by atoms with van der Waals surface area (Å²) in [5, 5.41) is 0. The molecule has 1 aromatic rings. The number of esters is 1. The fraction of sp³-hybridized carbons (Fsp3) is 0.577. The summed E-state index contributed by atoms with van der Waals surface area (Å²) in [7, 11) is 0. The predicted molar refractivity (Wildman–Crippen MR) is 133 cm³/mol. The van der Waals surface area contributed by atoms with Crippen molar-refractivity contribution in [2.45, 2.75) is 83.6 Å². The van der Waals surface area contributed by atoms with Gasteiger partial charge in [-0.2, -0.15) is 4.98 Å². The maximum Gasteiger partial charge on any atom is 0.351 e. The highest BCUT2D eigenvalue weighted by Gasteiger charge is 2.29. The fourth-order valence-corrected chi connectivity index (χ4v) is 3.38. The predicted octanol–water partition coefficient (Wildman–Crippen LogP) is 4.83. The van der Waals surface area contributed by atoms with Crippen molar-refractivity contribution >= 4 is 11.8 Å². The van der Waals surface area contributed by atoms with E-state index in [0.29, 0.717) is 6.42 Å². The van der Waals surface area contributed by atoms with Gasteiger partial charge in [0.2, 0.25) is 0 Å². The van der Waals surface area contributed by atoms with Crippen LogP contribution in [0.1, 0.15) is 77.4 Å². The molecular formula is C26H39N3O5. The van der Waals surface area contributed by atoms with E-state index in [-0.39, 0.29) is 25.0 Å². The van der Waals surface area contributed by atoms with Crippen LogP contribution in [0.3, 0.4) is 0 Å². The van der Waals surface area contributed by atoms with E-state index in [0.717, 1.165) is 32.1 Å². The zero-order valence-corrected chi connectivity index (χ0v) is 20.3. The van der Waals surface area contributed by atoms with Gasteiger partial charge in [-0.25, -0.2) is 4.79 Å². The van der Waals surface area contributed by atoms with E-state index in [1.54, 1.807) is 0 Å². The quantitative estimate of drug-likeness (QED) is 0.208. The highest BCUT2D eigenvalue weighted by atomic mass is 16.7. The molecule has 0 amide bonds. The highest BCUT2D eigenvalue weighted by Crippen LogP contribution is 2.20. The van der Waals surface area contributed by atoms with E-state index in [9.17, 15) is 9.59 Å². The summed E-state index contributed by atoms with van der Waals surface area (Å²) in [5.74, 6) is -0.133. The number of hydrogen-bond donors (Lipinski definition) is 1. The van der Waals surface area contributed by atoms with Gasteiger partial charge in [-0.15, -0.1) is 0 Å². The molecule has 8 nitrogen and oxygen atoms in total. The van der Waals surface area contributed by atoms with E-state index in [4.69, 9.17) is 19.9 Å². The largest absolute Gasteiger partial charge is 0.460 e. The minimum Gasteiger partial charge on any atom is -0.460 e. The Morgan fingerprint density at radius 1 is 1.12 bits per heavy atom. The Hall–Kier alpha value is -2.71. The van der Waals surface area contributed by atoms with Crippen LogP contribution in [-0.2, 0) is 19.0 Å². The Bertz CT molecular complexity index is 862. The number of hydrogen-bond acceptors (Lipinski definition) is 7. The topological polar surface area (TPSA) is 106 Å². The van der Waals surface area contributed by atoms with Gasteiger partial charge in [0.15, 0.2) is 12.5 Å². The van der Waals surface area contributed by atoms with Crippen LogP contribution < -0.4 is 11.4 Å². The zero-order chi connectivity index (χ0) is 24.4. The van der Waals surface area contributed by atoms with E-state index >= 15 is 0 Å². The lowest BCUT2D eigenvalue weighted by atomic mass is 10.1. The van der Waals surface area contributed by atoms with Crippen LogP contribution in [0.5, 0.6) is 0 Å². The minimum absolute atomic E-state index is 0.00729. The first-order valence-electron chi connectivity index (χ1n) is 12.3. The number of aromatic nitrogens is 2. The molecule has 2 N–H and O–H groups in total. The van der Waals surface area contributed by atoms with Crippen molar-refractivity contribution in [3.63, 3.8) is 0 Å². The Kier molecular flexibility index (Phi) is 13.6. The molecule has 0 unspecified atom stereocenters. The number of nitrogen functional groups attached to an aromatic ring is 1. The third-order valence-electron chi connectivity index (χ3n) is 5.30. The molecule has 1 aromatic heterocycles. The molecule has 1 aliphatic heterocycles. The molecule has 8 heteroatoms. The molecule has 188 valence electrons. The van der Waals surface area contributed by atoms with Crippen LogP contribution in [0.25, 0.3) is 0 Å². The van der Waals surface area contributed by atoms with E-state index in [1.807, 2.05) is 0 Å². The Morgan fingerprint density at radius 3 is 2.47 bits per heavy atom. The van der Waals surface area contributed by atoms with Crippen LogP contribution in [0.15, 0.2) is 53.5 Å². The molecule has 34 heavy (non-hydrogen) atoms. The monoisotopic (exact) mass is 473 g/mol. The van der Waals surface area contributed by atoms with Gasteiger partial charge in [-0.3, -0.25) is 9.36 Å². The number of ether oxygens (including phenoxy) is 3. The van der Waals surface area contributed by atoms with Gasteiger partial charge in [0, 0.05) is 12.6 Å². The van der Waals surface area contributed by atoms with Gasteiger partial charge in [0.05, 0.1) is 6.61 Å². The lowest BCUT2D eigenvalue weighted by Crippen LogP contribution is -2.29. The lowest BCUT2D eigenvalue weighted by molar-refractivity contribution is -0.159. The van der Waals surface area contributed by atoms with Crippen LogP contribution in [-0.4, -0.2) is 35.0 Å². The van der Waals surface area contributed by atoms with Crippen molar-refractivity contribution in [3.8, 4) is 0 Å². The average Bonchev–Trinajstić information content (AvgIpc) is 3.29. The normalized spacial score (nSPS) is 18.5. The fourth-order valence-electron chi connectivity index (χ4n) is 3.38. The van der Waals surface area contributed by atoms with Gasteiger partial charge in [0.25, 0.3) is 0 Å². The first-order valence-corrected chi connectivity index (χ1v) is 12.3. The van der Waals surface area contributed by atoms with Gasteiger partial charge in [-0.05, 0) is 51.0 Å². The van der Waals surface area contributed by atoms with Crippen LogP contribution in [0.2, 0.25) is 0 Å². The molecule has 1 saturated heterocycles. The number of unbranched alkanes of at least 4 members (excludes halogenated alkanes) is 5. The van der Waals surface area contributed by atoms with Crippen molar-refractivity contribution in [2.75, 3.05) is 18.9 Å². The molecule has 0 spiro atoms. The second-order valence-electron chi connectivity index (χ2n) is 8.21. The summed E-state index contributed by atoms with van der Waals surface area (Å²) in [5.41, 5.74) is 4.97. The standard InChI is InChI=1S/C26H39N3O5/c1-2-3-4-5-6-7-8-9-10-11-12-13-14-15-16-17-24(30)32-21-25-33-20-23(34-25)29-19-18-22(27)28-26(29)31/h6-7,9-10,12-13,18-19,23,25H,2-5,8,11,14-17,20-21H2,1H3,(H2,27,28,31)/t23-,25-/m0/s1. The second-order valence-corrected chi connectivity index (χ2v) is 8.21. The molecule has 1 fully saturated rings. The Morgan fingerprint density at radius 2 is 1.79 bits per heavy atom. The van der Waals surface area contributed by atoms with Crippen molar-refractivity contribution in [1.29, 1.82) is 0 Å². The third kappa shape index (κ3) is 11.4. The van der Waals surface area contributed by atoms with Crippen molar-refractivity contribution in [1.82, 2.24) is 9.55 Å². The molecule has 0 radical (unpaired) electrons. The number of carbonyl (C=O) groups excluding carboxylic acids is 1. The van der Waals surface area contributed by atoms with Gasteiger partial charge in [-0.1, -0.05) is 56.2 Å². The van der Waals surface area contributed by atoms with Crippen LogP contribution in [0.4, 0.5) is 5.82 Å². The summed E-state index contributed by atoms with van der Waals surface area (Å²) >= 11 is 0. The van der Waals surface area contributed by atoms with E-state index in [1.165, 1.54) is 42.5 Å². The van der Waals surface area contributed by atoms with Gasteiger partial charge < -0.3 is 19.9 Å². The maximum absolute atomic E-state index is 11.9. The SMILES string of the molecule is CCCCCC=CCC=CCC=CCCCCC(=O)OC[C@H]1OC[C@@H](n2ccc(N)nc2=O)O1. The summed E-state index contributed by atoms with van der Waals surface area (Å²) in [4.78, 5) is 27.5. The molecule has 2 rings (SSSR count). The molecule has 0 aliphatic carbocycles. The maximum atomic E-state index is 11.9. The molecular weight excluding hydrogens is 434 g/mol. The Labute approximate surface area is 202 Å². The molecule has 0 saturated carbocycles. The number of carbonyl (C=O) groups is 1. The number of nitrogens with zero attached hydrogens (tertiary/aromatic N) is 2. The zero-order valence-electron chi connectivity index (χ0n) is 20.3. The van der Waals surface area contributed by atoms with Crippen molar-refractivity contribution < 1.29 is 19.0 Å². The van der Waals surface area contributed by atoms with Crippen LogP contribution in [0, 0.1) is 0 Å². The van der Waals surface area contributed by atoms with Gasteiger partial charge >= 0.3 is 11.7 Å². The second kappa shape index (κ2) is 16.8. The lowest BCUT2D eigenvalue weighted by Gasteiger charge is -2.13. The average molecular weight is 474 g/mol. The van der Waals surface area contributed by atoms with Crippen LogP contribution >= 0.6 is 0 Å². The summed E-state index contributed by atoms with van der Waals surface area (Å²) in [6.07, 6.45) is 23.4. The molecule has 0 bridgehead atoms. The van der Waals surface area contributed by atoms with Gasteiger partial charge in [0.1, 0.15) is 12.4 Å². The molecule has 2 atom stereocenters. The van der Waals surface area contributed by atoms with Crippen molar-refractivity contribution in [3.05, 3.63) is 59.2 Å². The number of rotatable bonds is 16. The summed E-state index contributed by atoms with van der Waals surface area (Å²) < 4.78 is 17.6. The molecule has 0 aromatic carbocycles. The van der Waals surface area contributed by atoms with E-state index < -0.39 is 18.2 Å². The third-order valence-corrected chi connectivity index (χ3v) is 5.30. The summed E-state index contributed by atoms with van der Waals surface area (Å²) in [6, 6.07) is 1.51. The highest BCUT2D eigenvalue weighted by molar-refractivity contribution is 5.69. The summed E-state index contributed by atoms with van der Waals surface area (Å²) in [6.45, 7) is 2.39. The number of anilines is 1. The first-order chi connectivity index (χ1) is 16.6. The smallest absolute Gasteiger partial charge is 0.351 e. The molecule has 1 aliphatic rings. The minimum atomic E-state index is -0.703. The Balaban J connectivity index is 1.47.